The summed E-state index contributed by atoms with van der Waals surface area (Å²) in [6.45, 7) is 3.61. The van der Waals surface area contributed by atoms with Gasteiger partial charge < -0.3 is 15.3 Å². The van der Waals surface area contributed by atoms with Crippen molar-refractivity contribution in [3.63, 3.8) is 0 Å². The molecule has 0 spiro atoms. The fourth-order valence-corrected chi connectivity index (χ4v) is 5.01. The number of benzene rings is 2. The number of carboxylic acid groups (broad SMARTS) is 1. The van der Waals surface area contributed by atoms with E-state index in [1.165, 1.54) is 16.7 Å². The second kappa shape index (κ2) is 9.65. The van der Waals surface area contributed by atoms with Gasteiger partial charge in [-0.3, -0.25) is 4.40 Å². The second-order valence-electron chi connectivity index (χ2n) is 9.94. The van der Waals surface area contributed by atoms with Crippen molar-refractivity contribution in [1.29, 1.82) is 0 Å². The van der Waals surface area contributed by atoms with Crippen molar-refractivity contribution < 1.29 is 31.9 Å². The summed E-state index contributed by atoms with van der Waals surface area (Å²) < 4.78 is 69.0. The van der Waals surface area contributed by atoms with Gasteiger partial charge in [0.2, 0.25) is 5.95 Å². The number of aromatic carboxylic acids is 1. The van der Waals surface area contributed by atoms with Gasteiger partial charge in [-0.05, 0) is 37.6 Å². The highest BCUT2D eigenvalue weighted by Gasteiger charge is 2.36. The number of aromatic nitrogens is 3. The Labute approximate surface area is 220 Å². The third kappa shape index (κ3) is 5.45. The molecule has 1 saturated heterocycles. The van der Waals surface area contributed by atoms with Crippen molar-refractivity contribution in [2.45, 2.75) is 51.3 Å². The summed E-state index contributed by atoms with van der Waals surface area (Å²) in [5.74, 6) is -3.68. The van der Waals surface area contributed by atoms with Gasteiger partial charge in [0.05, 0.1) is 29.2 Å². The quantitative estimate of drug-likeness (QED) is 0.272. The number of nitrogens with one attached hydrogen (secondary N) is 1. The van der Waals surface area contributed by atoms with Gasteiger partial charge in [-0.25, -0.2) is 23.5 Å². The normalized spacial score (nSPS) is 16.5. The highest BCUT2D eigenvalue weighted by molar-refractivity contribution is 5.96. The highest BCUT2D eigenvalue weighted by atomic mass is 19.4. The van der Waals surface area contributed by atoms with Crippen molar-refractivity contribution in [2.24, 2.45) is 0 Å². The number of aryl methyl sites for hydroxylation is 1. The maximum atomic E-state index is 13.9. The topological polar surface area (TPSA) is 82.8 Å². The lowest BCUT2D eigenvalue weighted by Crippen LogP contribution is -2.40. The molecule has 1 aliphatic heterocycles. The lowest BCUT2D eigenvalue weighted by molar-refractivity contribution is -0.127. The number of fused-ring (bicyclic) bond motifs is 3. The zero-order valence-electron chi connectivity index (χ0n) is 21.2. The number of hydrogen-bond donors (Lipinski definition) is 2. The van der Waals surface area contributed by atoms with E-state index in [4.69, 9.17) is 4.98 Å². The van der Waals surface area contributed by atoms with Crippen LogP contribution in [0.3, 0.4) is 0 Å². The Bertz CT molecular complexity index is 1560. The molecule has 206 valence electrons. The van der Waals surface area contributed by atoms with Crippen LogP contribution in [0.5, 0.6) is 0 Å². The Morgan fingerprint density at radius 3 is 2.51 bits per heavy atom. The van der Waals surface area contributed by atoms with Crippen LogP contribution in [0.1, 0.15) is 53.0 Å². The van der Waals surface area contributed by atoms with E-state index in [0.29, 0.717) is 22.2 Å². The fraction of sp³-hybridized carbons (Fsp3) is 0.370. The number of imidazole rings is 1. The molecule has 2 aromatic heterocycles. The first-order valence-corrected chi connectivity index (χ1v) is 12.4. The molecule has 3 heterocycles. The SMILES string of the molecule is Cc1cc(C(C)Nc2ccccc2C(=O)O)c2nc(N3CCC(F)(F)CC3)n3cc(CC(F)(F)F)nc3c2c1. The molecule has 2 N–H and O–H groups in total. The average molecular weight is 548 g/mol. The number of alkyl halides is 5. The molecule has 1 unspecified atom stereocenters. The zero-order chi connectivity index (χ0) is 28.1. The summed E-state index contributed by atoms with van der Waals surface area (Å²) in [7, 11) is 0. The minimum atomic E-state index is -4.48. The molecular weight excluding hydrogens is 521 g/mol. The van der Waals surface area contributed by atoms with Crippen LogP contribution < -0.4 is 10.2 Å². The summed E-state index contributed by atoms with van der Waals surface area (Å²) in [6.07, 6.45) is -5.25. The number of nitrogens with zero attached hydrogens (tertiary/aromatic N) is 4. The molecule has 2 aromatic carbocycles. The number of piperidine rings is 1. The van der Waals surface area contributed by atoms with Crippen LogP contribution in [0, 0.1) is 6.92 Å². The second-order valence-corrected chi connectivity index (χ2v) is 9.94. The Hall–Kier alpha value is -3.96. The standard InChI is InChI=1S/C27H26F5N5O2/c1-15-11-19(16(2)33-21-6-4-3-5-18(21)24(38)39)22-20(12-15)23-34-17(13-27(30,31)32)14-37(23)25(35-22)36-9-7-26(28,29)8-10-36/h3-6,11-12,14,16,33H,7-10,13H2,1-2H3,(H,38,39). The third-order valence-corrected chi connectivity index (χ3v) is 6.86. The first kappa shape index (κ1) is 26.6. The largest absolute Gasteiger partial charge is 0.478 e. The van der Waals surface area contributed by atoms with Gasteiger partial charge in [0.15, 0.2) is 0 Å². The maximum absolute atomic E-state index is 13.9. The molecule has 39 heavy (non-hydrogen) atoms. The molecule has 12 heteroatoms. The van der Waals surface area contributed by atoms with Crippen molar-refractivity contribution in [2.75, 3.05) is 23.3 Å². The maximum Gasteiger partial charge on any atom is 0.394 e. The van der Waals surface area contributed by atoms with Crippen LogP contribution in [0.4, 0.5) is 33.6 Å². The van der Waals surface area contributed by atoms with E-state index in [-0.39, 0.29) is 35.9 Å². The third-order valence-electron chi connectivity index (χ3n) is 6.86. The van der Waals surface area contributed by atoms with Gasteiger partial charge in [0, 0.05) is 48.8 Å². The minimum Gasteiger partial charge on any atom is -0.478 e. The number of carbonyl (C=O) groups is 1. The minimum absolute atomic E-state index is 0.0195. The molecule has 1 aliphatic rings. The Morgan fingerprint density at radius 2 is 1.85 bits per heavy atom. The number of anilines is 2. The fourth-order valence-electron chi connectivity index (χ4n) is 5.01. The van der Waals surface area contributed by atoms with Crippen molar-refractivity contribution in [3.8, 4) is 0 Å². The van der Waals surface area contributed by atoms with Gasteiger partial charge in [-0.2, -0.15) is 13.2 Å². The van der Waals surface area contributed by atoms with Crippen LogP contribution in [-0.2, 0) is 6.42 Å². The molecule has 0 saturated carbocycles. The number of rotatable bonds is 6. The van der Waals surface area contributed by atoms with Crippen molar-refractivity contribution in [3.05, 3.63) is 65.0 Å². The molecular formula is C27H26F5N5O2. The molecule has 0 bridgehead atoms. The van der Waals surface area contributed by atoms with E-state index in [1.807, 2.05) is 19.9 Å². The van der Waals surface area contributed by atoms with Gasteiger partial charge in [-0.15, -0.1) is 0 Å². The number of carboxylic acids is 1. The molecule has 1 fully saturated rings. The van der Waals surface area contributed by atoms with E-state index in [1.54, 1.807) is 29.2 Å². The van der Waals surface area contributed by atoms with Crippen molar-refractivity contribution >= 4 is 34.2 Å². The average Bonchev–Trinajstić information content (AvgIpc) is 3.26. The first-order valence-electron chi connectivity index (χ1n) is 12.4. The molecule has 1 atom stereocenters. The number of para-hydroxylation sites is 1. The van der Waals surface area contributed by atoms with Crippen LogP contribution in [0.2, 0.25) is 0 Å². The molecule has 4 aromatic rings. The van der Waals surface area contributed by atoms with Crippen LogP contribution in [-0.4, -0.2) is 50.6 Å². The predicted octanol–water partition coefficient (Wildman–Crippen LogP) is 6.40. The molecule has 0 amide bonds. The Kier molecular flexibility index (Phi) is 6.59. The van der Waals surface area contributed by atoms with E-state index in [9.17, 15) is 31.9 Å². The molecule has 5 rings (SSSR count). The van der Waals surface area contributed by atoms with E-state index in [0.717, 1.165) is 5.56 Å². The van der Waals surface area contributed by atoms with Gasteiger partial charge >= 0.3 is 12.1 Å². The lowest BCUT2D eigenvalue weighted by Gasteiger charge is -2.33. The van der Waals surface area contributed by atoms with Crippen LogP contribution in [0.15, 0.2) is 42.6 Å². The van der Waals surface area contributed by atoms with Gasteiger partial charge in [0.25, 0.3) is 5.92 Å². The lowest BCUT2D eigenvalue weighted by atomic mass is 10.0. The molecule has 0 radical (unpaired) electrons. The monoisotopic (exact) mass is 547 g/mol. The summed E-state index contributed by atoms with van der Waals surface area (Å²) >= 11 is 0. The summed E-state index contributed by atoms with van der Waals surface area (Å²) in [5, 5.41) is 13.3. The van der Waals surface area contributed by atoms with Gasteiger partial charge in [-0.1, -0.05) is 18.2 Å². The summed E-state index contributed by atoms with van der Waals surface area (Å²) in [4.78, 5) is 22.5. The smallest absolute Gasteiger partial charge is 0.394 e. The van der Waals surface area contributed by atoms with E-state index < -0.39 is 43.4 Å². The zero-order valence-corrected chi connectivity index (χ0v) is 21.2. The van der Waals surface area contributed by atoms with Crippen LogP contribution in [0.25, 0.3) is 16.6 Å². The van der Waals surface area contributed by atoms with Crippen molar-refractivity contribution in [1.82, 2.24) is 14.4 Å². The summed E-state index contributed by atoms with van der Waals surface area (Å²) in [6, 6.07) is 9.61. The Morgan fingerprint density at radius 1 is 1.15 bits per heavy atom. The predicted molar refractivity (Wildman–Crippen MR) is 137 cm³/mol. The molecule has 0 aliphatic carbocycles. The van der Waals surface area contributed by atoms with E-state index in [2.05, 4.69) is 10.3 Å². The van der Waals surface area contributed by atoms with E-state index >= 15 is 0 Å². The Balaban J connectivity index is 1.68. The number of halogens is 5. The van der Waals surface area contributed by atoms with Gasteiger partial charge in [0.1, 0.15) is 5.65 Å². The highest BCUT2D eigenvalue weighted by Crippen LogP contribution is 2.35. The summed E-state index contributed by atoms with van der Waals surface area (Å²) in [5.41, 5.74) is 2.41. The number of hydrogen-bond acceptors (Lipinski definition) is 5. The first-order chi connectivity index (χ1) is 18.3. The molecule has 7 nitrogen and oxygen atoms in total. The van der Waals surface area contributed by atoms with Crippen LogP contribution >= 0.6 is 0 Å².